The van der Waals surface area contributed by atoms with Gasteiger partial charge in [-0.15, -0.1) is 0 Å². The molecule has 25 heavy (non-hydrogen) atoms. The molecule has 2 aliphatic heterocycles. The fraction of sp³-hybridized carbons (Fsp3) is 0.611. The lowest BCUT2D eigenvalue weighted by atomic mass is 10.0. The normalized spacial score (nSPS) is 22.2. The Morgan fingerprint density at radius 1 is 1.24 bits per heavy atom. The number of fused-ring (bicyclic) bond motifs is 1. The Morgan fingerprint density at radius 3 is 2.72 bits per heavy atom. The molecule has 1 unspecified atom stereocenters. The lowest BCUT2D eigenvalue weighted by Gasteiger charge is -2.32. The number of likely N-dealkylation sites (tertiary alicyclic amines) is 1. The largest absolute Gasteiger partial charge is 0.401 e. The predicted octanol–water partition coefficient (Wildman–Crippen LogP) is 2.50. The summed E-state index contributed by atoms with van der Waals surface area (Å²) in [6, 6.07) is 8.41. The Kier molecular flexibility index (Phi) is 5.51. The van der Waals surface area contributed by atoms with E-state index in [9.17, 15) is 13.2 Å². The number of aliphatic imine (C=N–C) groups is 1. The summed E-state index contributed by atoms with van der Waals surface area (Å²) in [5.74, 6) is 1.07. The SMILES string of the molecule is CN=C(NCC1CCN(CC(F)(F)F)C1)N1CCc2ccccc2C1. The van der Waals surface area contributed by atoms with Gasteiger partial charge < -0.3 is 10.2 Å². The zero-order chi connectivity index (χ0) is 17.9. The molecule has 1 aromatic rings. The molecule has 2 heterocycles. The summed E-state index contributed by atoms with van der Waals surface area (Å²) in [6.07, 6.45) is -2.33. The number of alkyl halides is 3. The second-order valence-corrected chi connectivity index (χ2v) is 6.87. The van der Waals surface area contributed by atoms with Gasteiger partial charge in [-0.3, -0.25) is 9.89 Å². The average Bonchev–Trinajstić information content (AvgIpc) is 3.00. The summed E-state index contributed by atoms with van der Waals surface area (Å²) in [6.45, 7) is 2.59. The standard InChI is InChI=1S/C18H25F3N4/c1-22-17(25-9-7-15-4-2-3-5-16(15)12-25)23-10-14-6-8-24(11-14)13-18(19,20)21/h2-5,14H,6-13H2,1H3,(H,22,23). The van der Waals surface area contributed by atoms with Crippen LogP contribution in [-0.2, 0) is 13.0 Å². The molecule has 1 atom stereocenters. The number of rotatable bonds is 3. The van der Waals surface area contributed by atoms with Gasteiger partial charge in [0.15, 0.2) is 5.96 Å². The van der Waals surface area contributed by atoms with Crippen LogP contribution in [0.4, 0.5) is 13.2 Å². The number of hydrogen-bond acceptors (Lipinski definition) is 2. The minimum absolute atomic E-state index is 0.233. The van der Waals surface area contributed by atoms with Crippen molar-refractivity contribution in [2.45, 2.75) is 25.6 Å². The Hall–Kier alpha value is -1.76. The number of nitrogens with one attached hydrogen (secondary N) is 1. The fourth-order valence-corrected chi connectivity index (χ4v) is 3.72. The zero-order valence-corrected chi connectivity index (χ0v) is 14.5. The van der Waals surface area contributed by atoms with Crippen LogP contribution in [0.25, 0.3) is 0 Å². The first kappa shape index (κ1) is 18.0. The quantitative estimate of drug-likeness (QED) is 0.668. The molecular formula is C18H25F3N4. The van der Waals surface area contributed by atoms with E-state index in [0.29, 0.717) is 19.6 Å². The predicted molar refractivity (Wildman–Crippen MR) is 92.5 cm³/mol. The molecule has 1 aromatic carbocycles. The van der Waals surface area contributed by atoms with Gasteiger partial charge in [-0.25, -0.2) is 0 Å². The zero-order valence-electron chi connectivity index (χ0n) is 14.5. The molecule has 1 saturated heterocycles. The molecule has 0 saturated carbocycles. The minimum Gasteiger partial charge on any atom is -0.356 e. The smallest absolute Gasteiger partial charge is 0.356 e. The van der Waals surface area contributed by atoms with E-state index in [0.717, 1.165) is 31.9 Å². The number of hydrogen-bond donors (Lipinski definition) is 1. The van der Waals surface area contributed by atoms with Gasteiger partial charge in [-0.05, 0) is 36.4 Å². The molecule has 1 fully saturated rings. The Bertz CT molecular complexity index is 615. The number of nitrogens with zero attached hydrogens (tertiary/aromatic N) is 3. The molecular weight excluding hydrogens is 329 g/mol. The van der Waals surface area contributed by atoms with E-state index in [-0.39, 0.29) is 5.92 Å². The molecule has 7 heteroatoms. The number of halogens is 3. The molecule has 0 amide bonds. The van der Waals surface area contributed by atoms with Crippen LogP contribution >= 0.6 is 0 Å². The van der Waals surface area contributed by atoms with Gasteiger partial charge in [-0.1, -0.05) is 24.3 Å². The van der Waals surface area contributed by atoms with E-state index in [4.69, 9.17) is 0 Å². The van der Waals surface area contributed by atoms with Crippen LogP contribution in [0, 0.1) is 5.92 Å². The third-order valence-electron chi connectivity index (χ3n) is 4.96. The highest BCUT2D eigenvalue weighted by Gasteiger charge is 2.34. The van der Waals surface area contributed by atoms with Crippen molar-refractivity contribution in [3.05, 3.63) is 35.4 Å². The summed E-state index contributed by atoms with van der Waals surface area (Å²) in [4.78, 5) is 8.07. The first-order valence-corrected chi connectivity index (χ1v) is 8.76. The second-order valence-electron chi connectivity index (χ2n) is 6.87. The van der Waals surface area contributed by atoms with Gasteiger partial charge in [0.25, 0.3) is 0 Å². The highest BCUT2D eigenvalue weighted by Crippen LogP contribution is 2.23. The monoisotopic (exact) mass is 354 g/mol. The van der Waals surface area contributed by atoms with Gasteiger partial charge in [0, 0.05) is 33.2 Å². The summed E-state index contributed by atoms with van der Waals surface area (Å²) in [5.41, 5.74) is 2.70. The molecule has 0 aromatic heterocycles. The van der Waals surface area contributed by atoms with Crippen molar-refractivity contribution in [2.24, 2.45) is 10.9 Å². The van der Waals surface area contributed by atoms with Crippen LogP contribution in [0.2, 0.25) is 0 Å². The van der Waals surface area contributed by atoms with Crippen LogP contribution in [-0.4, -0.2) is 61.7 Å². The Morgan fingerprint density at radius 2 is 2.00 bits per heavy atom. The van der Waals surface area contributed by atoms with Crippen LogP contribution in [0.15, 0.2) is 29.3 Å². The molecule has 2 aliphatic rings. The van der Waals surface area contributed by atoms with Gasteiger partial charge >= 0.3 is 6.18 Å². The molecule has 4 nitrogen and oxygen atoms in total. The van der Waals surface area contributed by atoms with Crippen LogP contribution in [0.5, 0.6) is 0 Å². The Balaban J connectivity index is 1.49. The first-order valence-electron chi connectivity index (χ1n) is 8.76. The van der Waals surface area contributed by atoms with E-state index in [1.807, 2.05) is 6.07 Å². The first-order chi connectivity index (χ1) is 11.9. The van der Waals surface area contributed by atoms with Crippen molar-refractivity contribution < 1.29 is 13.2 Å². The highest BCUT2D eigenvalue weighted by molar-refractivity contribution is 5.80. The van der Waals surface area contributed by atoms with Crippen molar-refractivity contribution in [3.8, 4) is 0 Å². The van der Waals surface area contributed by atoms with Crippen molar-refractivity contribution in [1.82, 2.24) is 15.1 Å². The summed E-state index contributed by atoms with van der Waals surface area (Å²) in [7, 11) is 1.76. The average molecular weight is 354 g/mol. The maximum Gasteiger partial charge on any atom is 0.401 e. The van der Waals surface area contributed by atoms with Gasteiger partial charge in [0.05, 0.1) is 6.54 Å². The van der Waals surface area contributed by atoms with E-state index in [2.05, 4.69) is 33.4 Å². The number of guanidine groups is 1. The second kappa shape index (κ2) is 7.64. The molecule has 0 spiro atoms. The molecule has 3 rings (SSSR count). The third kappa shape index (κ3) is 4.87. The highest BCUT2D eigenvalue weighted by atomic mass is 19.4. The summed E-state index contributed by atoms with van der Waals surface area (Å²) < 4.78 is 37.5. The molecule has 0 radical (unpaired) electrons. The maximum absolute atomic E-state index is 12.5. The van der Waals surface area contributed by atoms with Crippen LogP contribution in [0.3, 0.4) is 0 Å². The summed E-state index contributed by atoms with van der Waals surface area (Å²) in [5, 5.41) is 3.36. The van der Waals surface area contributed by atoms with Crippen molar-refractivity contribution in [2.75, 3.05) is 39.8 Å². The van der Waals surface area contributed by atoms with Gasteiger partial charge in [-0.2, -0.15) is 13.2 Å². The number of benzene rings is 1. The molecule has 0 bridgehead atoms. The van der Waals surface area contributed by atoms with Crippen molar-refractivity contribution >= 4 is 5.96 Å². The lowest BCUT2D eigenvalue weighted by molar-refractivity contribution is -0.143. The third-order valence-corrected chi connectivity index (χ3v) is 4.96. The van der Waals surface area contributed by atoms with E-state index >= 15 is 0 Å². The summed E-state index contributed by atoms with van der Waals surface area (Å²) >= 11 is 0. The fourth-order valence-electron chi connectivity index (χ4n) is 3.72. The lowest BCUT2D eigenvalue weighted by Crippen LogP contribution is -2.45. The van der Waals surface area contributed by atoms with E-state index < -0.39 is 12.7 Å². The van der Waals surface area contributed by atoms with Crippen molar-refractivity contribution in [1.29, 1.82) is 0 Å². The van der Waals surface area contributed by atoms with Gasteiger partial charge in [0.1, 0.15) is 0 Å². The Labute approximate surface area is 146 Å². The van der Waals surface area contributed by atoms with Gasteiger partial charge in [0.2, 0.25) is 0 Å². The molecule has 0 aliphatic carbocycles. The maximum atomic E-state index is 12.5. The van der Waals surface area contributed by atoms with E-state index in [1.54, 1.807) is 7.05 Å². The van der Waals surface area contributed by atoms with E-state index in [1.165, 1.54) is 16.0 Å². The molecule has 1 N–H and O–H groups in total. The molecule has 138 valence electrons. The minimum atomic E-state index is -4.11. The van der Waals surface area contributed by atoms with Crippen LogP contribution < -0.4 is 5.32 Å². The topological polar surface area (TPSA) is 30.9 Å². The van der Waals surface area contributed by atoms with Crippen LogP contribution in [0.1, 0.15) is 17.5 Å². The van der Waals surface area contributed by atoms with Crippen molar-refractivity contribution in [3.63, 3.8) is 0 Å².